The van der Waals surface area contributed by atoms with E-state index < -0.39 is 48.2 Å². The number of amides is 3. The van der Waals surface area contributed by atoms with Crippen molar-refractivity contribution in [3.05, 3.63) is 42.2 Å². The first-order valence-corrected chi connectivity index (χ1v) is 9.36. The van der Waals surface area contributed by atoms with E-state index in [0.29, 0.717) is 16.7 Å². The molecule has 1 aromatic rings. The Morgan fingerprint density at radius 3 is 2.00 bits per heavy atom. The number of hydrogen-bond acceptors (Lipinski definition) is 3. The van der Waals surface area contributed by atoms with Crippen LogP contribution in [0, 0.1) is 41.3 Å². The van der Waals surface area contributed by atoms with E-state index in [1.165, 1.54) is 0 Å². The quantitative estimate of drug-likeness (QED) is 0.439. The zero-order chi connectivity index (χ0) is 20.7. The van der Waals surface area contributed by atoms with E-state index in [4.69, 9.17) is 0 Å². The Morgan fingerprint density at radius 2 is 1.52 bits per heavy atom. The molecule has 3 fully saturated rings. The number of halogens is 4. The maximum Gasteiger partial charge on any atom is 0.471 e. The van der Waals surface area contributed by atoms with Gasteiger partial charge in [-0.25, -0.2) is 4.39 Å². The van der Waals surface area contributed by atoms with Crippen LogP contribution in [0.3, 0.4) is 0 Å². The molecule has 5 nitrogen and oxygen atoms in total. The third-order valence-corrected chi connectivity index (χ3v) is 6.66. The fourth-order valence-electron chi connectivity index (χ4n) is 5.34. The molecule has 9 heteroatoms. The second kappa shape index (κ2) is 5.90. The number of nitrogens with zero attached hydrogens (tertiary/aromatic N) is 2. The molecule has 1 aliphatic heterocycles. The average molecular weight is 408 g/mol. The largest absolute Gasteiger partial charge is 0.471 e. The lowest BCUT2D eigenvalue weighted by atomic mass is 9.63. The van der Waals surface area contributed by atoms with Crippen LogP contribution in [0.4, 0.5) is 23.2 Å². The molecular weight excluding hydrogens is 392 g/mol. The number of alkyl halides is 3. The molecule has 0 spiro atoms. The topological polar surface area (TPSA) is 57.7 Å². The molecule has 2 bridgehead atoms. The molecule has 29 heavy (non-hydrogen) atoms. The van der Waals surface area contributed by atoms with E-state index in [1.807, 2.05) is 12.2 Å². The van der Waals surface area contributed by atoms with E-state index in [0.717, 1.165) is 35.6 Å². The summed E-state index contributed by atoms with van der Waals surface area (Å²) in [4.78, 5) is 39.1. The normalized spacial score (nSPS) is 34.3. The molecule has 1 saturated heterocycles. The number of carbonyl (C=O) groups is 3. The summed E-state index contributed by atoms with van der Waals surface area (Å²) in [5, 5.41) is 0. The van der Waals surface area contributed by atoms with Gasteiger partial charge in [0.1, 0.15) is 12.5 Å². The second-order valence-corrected chi connectivity index (χ2v) is 8.11. The predicted molar refractivity (Wildman–Crippen MR) is 91.4 cm³/mol. The monoisotopic (exact) mass is 408 g/mol. The first-order chi connectivity index (χ1) is 13.7. The minimum absolute atomic E-state index is 0.0750. The molecule has 6 atom stereocenters. The number of benzene rings is 1. The Balaban J connectivity index is 1.46. The molecule has 1 heterocycles. The maximum atomic E-state index is 13.2. The highest BCUT2D eigenvalue weighted by Crippen LogP contribution is 2.65. The van der Waals surface area contributed by atoms with Gasteiger partial charge in [0.15, 0.2) is 0 Å². The van der Waals surface area contributed by atoms with Crippen molar-refractivity contribution in [1.29, 1.82) is 0 Å². The fraction of sp³-hybridized carbons (Fsp3) is 0.450. The van der Waals surface area contributed by atoms with Gasteiger partial charge in [0.25, 0.3) is 0 Å². The van der Waals surface area contributed by atoms with Crippen LogP contribution < -0.4 is 4.90 Å². The lowest BCUT2D eigenvalue weighted by Crippen LogP contribution is -2.49. The maximum absolute atomic E-state index is 13.2. The van der Waals surface area contributed by atoms with Crippen molar-refractivity contribution >= 4 is 23.4 Å². The molecule has 6 rings (SSSR count). The minimum atomic E-state index is -5.21. The van der Waals surface area contributed by atoms with Gasteiger partial charge >= 0.3 is 12.1 Å². The summed E-state index contributed by atoms with van der Waals surface area (Å²) < 4.78 is 52.7. The van der Waals surface area contributed by atoms with Crippen LogP contribution in [-0.4, -0.2) is 35.5 Å². The number of rotatable bonds is 3. The van der Waals surface area contributed by atoms with Gasteiger partial charge in [-0.2, -0.15) is 13.2 Å². The molecular formula is C20H16F4N2O3. The van der Waals surface area contributed by atoms with Crippen LogP contribution in [0.1, 0.15) is 6.42 Å². The SMILES string of the molecule is O=C1[C@@H]2[C@@H]3C=C[C@H]([C@@H]4C[C@H]34)[C@@H]2C(=O)N1CN(C(=O)C(F)(F)F)c1ccc(F)cc1. The van der Waals surface area contributed by atoms with Crippen molar-refractivity contribution in [2.24, 2.45) is 35.5 Å². The molecule has 152 valence electrons. The third kappa shape index (κ3) is 2.63. The van der Waals surface area contributed by atoms with Crippen molar-refractivity contribution in [3.63, 3.8) is 0 Å². The molecule has 5 aliphatic rings. The standard InChI is InChI=1S/C20H16F4N2O3/c21-9-1-3-10(4-2-9)25(19(29)20(22,23)24)8-26-17(27)15-11-5-6-12(14-7-13(11)14)16(15)18(26)28/h1-6,11-16H,7-8H2/t11-,12-,13-,14+,15-,16+/m1/s1. The molecule has 0 aromatic heterocycles. The summed E-state index contributed by atoms with van der Waals surface area (Å²) in [7, 11) is 0. The number of anilines is 1. The summed E-state index contributed by atoms with van der Waals surface area (Å²) in [6.07, 6.45) is -0.347. The Morgan fingerprint density at radius 1 is 1.00 bits per heavy atom. The van der Waals surface area contributed by atoms with Crippen molar-refractivity contribution < 1.29 is 31.9 Å². The van der Waals surface area contributed by atoms with Crippen molar-refractivity contribution in [3.8, 4) is 0 Å². The van der Waals surface area contributed by atoms with E-state index in [9.17, 15) is 31.9 Å². The van der Waals surface area contributed by atoms with E-state index in [-0.39, 0.29) is 17.5 Å². The number of carbonyl (C=O) groups excluding carboxylic acids is 3. The lowest BCUT2D eigenvalue weighted by molar-refractivity contribution is -0.171. The predicted octanol–water partition coefficient (Wildman–Crippen LogP) is 2.73. The first-order valence-electron chi connectivity index (χ1n) is 9.36. The molecule has 2 saturated carbocycles. The van der Waals surface area contributed by atoms with Gasteiger partial charge in [0, 0.05) is 5.69 Å². The molecule has 0 radical (unpaired) electrons. The van der Waals surface area contributed by atoms with E-state index >= 15 is 0 Å². The molecule has 3 amide bonds. The van der Waals surface area contributed by atoms with Gasteiger partial charge in [-0.1, -0.05) is 12.2 Å². The van der Waals surface area contributed by atoms with Crippen LogP contribution in [-0.2, 0) is 14.4 Å². The van der Waals surface area contributed by atoms with Gasteiger partial charge in [-0.15, -0.1) is 0 Å². The van der Waals surface area contributed by atoms with Crippen LogP contribution >= 0.6 is 0 Å². The summed E-state index contributed by atoms with van der Waals surface area (Å²) in [6, 6.07) is 3.85. The molecule has 0 unspecified atom stereocenters. The smallest absolute Gasteiger partial charge is 0.286 e. The highest BCUT2D eigenvalue weighted by molar-refractivity contribution is 6.07. The summed E-state index contributed by atoms with van der Waals surface area (Å²) in [5.74, 6) is -4.56. The number of hydrogen-bond donors (Lipinski definition) is 0. The van der Waals surface area contributed by atoms with Crippen LogP contribution in [0.15, 0.2) is 36.4 Å². The molecule has 4 aliphatic carbocycles. The van der Waals surface area contributed by atoms with Gasteiger partial charge < -0.3 is 0 Å². The first kappa shape index (κ1) is 18.3. The van der Waals surface area contributed by atoms with Gasteiger partial charge in [0.05, 0.1) is 11.8 Å². The lowest BCUT2D eigenvalue weighted by Gasteiger charge is -2.37. The zero-order valence-electron chi connectivity index (χ0n) is 15.0. The van der Waals surface area contributed by atoms with Gasteiger partial charge in [-0.05, 0) is 54.4 Å². The van der Waals surface area contributed by atoms with E-state index in [1.54, 1.807) is 0 Å². The third-order valence-electron chi connectivity index (χ3n) is 6.66. The second-order valence-electron chi connectivity index (χ2n) is 8.11. The van der Waals surface area contributed by atoms with Crippen molar-refractivity contribution in [2.75, 3.05) is 11.6 Å². The van der Waals surface area contributed by atoms with Crippen LogP contribution in [0.2, 0.25) is 0 Å². The summed E-state index contributed by atoms with van der Waals surface area (Å²) in [5.41, 5.74) is -0.242. The van der Waals surface area contributed by atoms with Crippen LogP contribution in [0.5, 0.6) is 0 Å². The number of imide groups is 1. The van der Waals surface area contributed by atoms with Crippen LogP contribution in [0.25, 0.3) is 0 Å². The average Bonchev–Trinajstić information content (AvgIpc) is 3.46. The fourth-order valence-corrected chi connectivity index (χ4v) is 5.34. The van der Waals surface area contributed by atoms with Gasteiger partial charge in [-0.3, -0.25) is 24.2 Å². The summed E-state index contributed by atoms with van der Waals surface area (Å²) >= 11 is 0. The number of likely N-dealkylation sites (tertiary alicyclic amines) is 1. The minimum Gasteiger partial charge on any atom is -0.286 e. The highest BCUT2D eigenvalue weighted by Gasteiger charge is 2.67. The van der Waals surface area contributed by atoms with Crippen molar-refractivity contribution in [2.45, 2.75) is 12.6 Å². The summed E-state index contributed by atoms with van der Waals surface area (Å²) in [6.45, 7) is -0.844. The Hall–Kier alpha value is -2.71. The number of allylic oxidation sites excluding steroid dienone is 2. The Kier molecular flexibility index (Phi) is 3.73. The van der Waals surface area contributed by atoms with Gasteiger partial charge in [0.2, 0.25) is 11.8 Å². The Labute approximate surface area is 162 Å². The highest BCUT2D eigenvalue weighted by atomic mass is 19.4. The Bertz CT molecular complexity index is 906. The van der Waals surface area contributed by atoms with Crippen molar-refractivity contribution in [1.82, 2.24) is 4.90 Å². The zero-order valence-corrected chi connectivity index (χ0v) is 15.0. The molecule has 0 N–H and O–H groups in total. The molecule has 1 aromatic carbocycles. The van der Waals surface area contributed by atoms with E-state index in [2.05, 4.69) is 0 Å².